The molecule has 0 spiro atoms. The van der Waals surface area contributed by atoms with Crippen molar-refractivity contribution in [3.8, 4) is 0 Å². The third-order valence-corrected chi connectivity index (χ3v) is 3.13. The van der Waals surface area contributed by atoms with Gasteiger partial charge in [0.25, 0.3) is 0 Å². The molecular weight excluding hydrogens is 196 g/mol. The fraction of sp³-hybridized carbons (Fsp3) is 0.467. The Hall–Kier alpha value is -1.08. The zero-order valence-electron chi connectivity index (χ0n) is 10.5. The molecule has 0 bridgehead atoms. The van der Waals surface area contributed by atoms with E-state index >= 15 is 0 Å². The second kappa shape index (κ2) is 6.49. The summed E-state index contributed by atoms with van der Waals surface area (Å²) in [5, 5.41) is 10.0. The van der Waals surface area contributed by atoms with Gasteiger partial charge in [0.1, 0.15) is 0 Å². The summed E-state index contributed by atoms with van der Waals surface area (Å²) >= 11 is 0. The van der Waals surface area contributed by atoms with E-state index in [-0.39, 0.29) is 6.10 Å². The van der Waals surface area contributed by atoms with Crippen LogP contribution in [-0.4, -0.2) is 11.2 Å². The first-order valence-corrected chi connectivity index (χ1v) is 6.07. The summed E-state index contributed by atoms with van der Waals surface area (Å²) < 4.78 is 0. The summed E-state index contributed by atoms with van der Waals surface area (Å²) in [6, 6.07) is 10.3. The summed E-state index contributed by atoms with van der Waals surface area (Å²) in [4.78, 5) is 0. The first-order valence-electron chi connectivity index (χ1n) is 6.07. The van der Waals surface area contributed by atoms with Crippen LogP contribution in [0.4, 0.5) is 0 Å². The Kier molecular flexibility index (Phi) is 5.27. The third-order valence-electron chi connectivity index (χ3n) is 3.13. The van der Waals surface area contributed by atoms with Crippen LogP contribution in [-0.2, 0) is 0 Å². The van der Waals surface area contributed by atoms with Gasteiger partial charge in [-0.3, -0.25) is 0 Å². The lowest BCUT2D eigenvalue weighted by atomic mass is 9.96. The number of hydrogen-bond donors (Lipinski definition) is 1. The van der Waals surface area contributed by atoms with Crippen molar-refractivity contribution in [2.75, 3.05) is 0 Å². The zero-order valence-corrected chi connectivity index (χ0v) is 10.5. The van der Waals surface area contributed by atoms with Crippen LogP contribution in [0.25, 0.3) is 5.57 Å². The second-order valence-corrected chi connectivity index (χ2v) is 4.33. The minimum Gasteiger partial charge on any atom is -0.389 e. The SMILES string of the molecule is CCCCC(O)/C(C)=C(\C)c1ccccc1. The molecule has 1 rings (SSSR count). The van der Waals surface area contributed by atoms with Gasteiger partial charge in [0, 0.05) is 0 Å². The molecular formula is C15H22O. The van der Waals surface area contributed by atoms with Crippen LogP contribution in [0, 0.1) is 0 Å². The van der Waals surface area contributed by atoms with Gasteiger partial charge in [-0.25, -0.2) is 0 Å². The Morgan fingerprint density at radius 3 is 2.38 bits per heavy atom. The van der Waals surface area contributed by atoms with E-state index in [1.807, 2.05) is 25.1 Å². The van der Waals surface area contributed by atoms with Crippen molar-refractivity contribution in [3.05, 3.63) is 41.5 Å². The highest BCUT2D eigenvalue weighted by atomic mass is 16.3. The van der Waals surface area contributed by atoms with E-state index in [9.17, 15) is 5.11 Å². The summed E-state index contributed by atoms with van der Waals surface area (Å²) in [6.45, 7) is 6.26. The summed E-state index contributed by atoms with van der Waals surface area (Å²) in [5.74, 6) is 0. The molecule has 0 aliphatic rings. The molecule has 0 amide bonds. The number of hydrogen-bond acceptors (Lipinski definition) is 1. The first-order chi connectivity index (χ1) is 7.66. The van der Waals surface area contributed by atoms with Crippen molar-refractivity contribution in [1.82, 2.24) is 0 Å². The van der Waals surface area contributed by atoms with Crippen molar-refractivity contribution in [1.29, 1.82) is 0 Å². The zero-order chi connectivity index (χ0) is 12.0. The highest BCUT2D eigenvalue weighted by molar-refractivity contribution is 5.67. The molecule has 0 heterocycles. The number of allylic oxidation sites excluding steroid dienone is 1. The molecule has 0 aliphatic carbocycles. The Labute approximate surface area is 98.8 Å². The van der Waals surface area contributed by atoms with Crippen LogP contribution in [0.15, 0.2) is 35.9 Å². The van der Waals surface area contributed by atoms with Crippen molar-refractivity contribution in [3.63, 3.8) is 0 Å². The van der Waals surface area contributed by atoms with Crippen LogP contribution in [0.2, 0.25) is 0 Å². The molecule has 0 saturated heterocycles. The fourth-order valence-corrected chi connectivity index (χ4v) is 1.78. The molecule has 1 aromatic carbocycles. The Morgan fingerprint density at radius 1 is 1.19 bits per heavy atom. The molecule has 16 heavy (non-hydrogen) atoms. The lowest BCUT2D eigenvalue weighted by molar-refractivity contribution is 0.197. The molecule has 1 nitrogen and oxygen atoms in total. The average Bonchev–Trinajstić information content (AvgIpc) is 2.35. The van der Waals surface area contributed by atoms with Crippen LogP contribution >= 0.6 is 0 Å². The predicted octanol–water partition coefficient (Wildman–Crippen LogP) is 4.03. The van der Waals surface area contributed by atoms with E-state index < -0.39 is 0 Å². The molecule has 0 aromatic heterocycles. The minimum absolute atomic E-state index is 0.292. The van der Waals surface area contributed by atoms with Gasteiger partial charge in [-0.1, -0.05) is 50.1 Å². The Balaban J connectivity index is 2.79. The second-order valence-electron chi connectivity index (χ2n) is 4.33. The Bertz CT molecular complexity index is 338. The molecule has 0 radical (unpaired) electrons. The van der Waals surface area contributed by atoms with Gasteiger partial charge in [0.2, 0.25) is 0 Å². The van der Waals surface area contributed by atoms with E-state index in [1.54, 1.807) is 0 Å². The van der Waals surface area contributed by atoms with Gasteiger partial charge in [-0.05, 0) is 37.0 Å². The van der Waals surface area contributed by atoms with Crippen molar-refractivity contribution < 1.29 is 5.11 Å². The maximum absolute atomic E-state index is 10.0. The van der Waals surface area contributed by atoms with Gasteiger partial charge in [-0.2, -0.15) is 0 Å². The maximum atomic E-state index is 10.0. The molecule has 88 valence electrons. The quantitative estimate of drug-likeness (QED) is 0.791. The maximum Gasteiger partial charge on any atom is 0.0753 e. The predicted molar refractivity (Wildman–Crippen MR) is 70.2 cm³/mol. The van der Waals surface area contributed by atoms with Crippen LogP contribution < -0.4 is 0 Å². The standard InChI is InChI=1S/C15H22O/c1-4-5-11-15(16)13(3)12(2)14-9-7-6-8-10-14/h6-10,15-16H,4-5,11H2,1-3H3/b13-12+. The normalized spacial score (nSPS) is 14.5. The van der Waals surface area contributed by atoms with E-state index in [0.717, 1.165) is 24.8 Å². The van der Waals surface area contributed by atoms with Gasteiger partial charge >= 0.3 is 0 Å². The number of unbranched alkanes of at least 4 members (excludes halogenated alkanes) is 1. The van der Waals surface area contributed by atoms with E-state index in [4.69, 9.17) is 0 Å². The molecule has 1 atom stereocenters. The smallest absolute Gasteiger partial charge is 0.0753 e. The molecule has 1 heteroatoms. The van der Waals surface area contributed by atoms with Crippen LogP contribution in [0.1, 0.15) is 45.6 Å². The summed E-state index contributed by atoms with van der Waals surface area (Å²) in [7, 11) is 0. The van der Waals surface area contributed by atoms with Crippen LogP contribution in [0.5, 0.6) is 0 Å². The largest absolute Gasteiger partial charge is 0.389 e. The van der Waals surface area contributed by atoms with E-state index in [2.05, 4.69) is 26.0 Å². The fourth-order valence-electron chi connectivity index (χ4n) is 1.78. The first kappa shape index (κ1) is 13.0. The van der Waals surface area contributed by atoms with E-state index in [1.165, 1.54) is 11.1 Å². The van der Waals surface area contributed by atoms with Crippen molar-refractivity contribution in [2.45, 2.75) is 46.1 Å². The van der Waals surface area contributed by atoms with Crippen molar-refractivity contribution >= 4 is 5.57 Å². The average molecular weight is 218 g/mol. The number of aliphatic hydroxyl groups is 1. The lowest BCUT2D eigenvalue weighted by Gasteiger charge is -2.14. The van der Waals surface area contributed by atoms with Crippen LogP contribution in [0.3, 0.4) is 0 Å². The summed E-state index contributed by atoms with van der Waals surface area (Å²) in [5.41, 5.74) is 3.50. The van der Waals surface area contributed by atoms with E-state index in [0.29, 0.717) is 0 Å². The van der Waals surface area contributed by atoms with Crippen molar-refractivity contribution in [2.24, 2.45) is 0 Å². The number of rotatable bonds is 5. The molecule has 0 aliphatic heterocycles. The topological polar surface area (TPSA) is 20.2 Å². The lowest BCUT2D eigenvalue weighted by Crippen LogP contribution is -2.09. The Morgan fingerprint density at radius 2 is 1.81 bits per heavy atom. The highest BCUT2D eigenvalue weighted by Crippen LogP contribution is 2.22. The molecule has 1 N–H and O–H groups in total. The van der Waals surface area contributed by atoms with Gasteiger partial charge in [0.05, 0.1) is 6.10 Å². The summed E-state index contributed by atoms with van der Waals surface area (Å²) in [6.07, 6.45) is 2.79. The minimum atomic E-state index is -0.292. The molecule has 1 unspecified atom stereocenters. The van der Waals surface area contributed by atoms with Gasteiger partial charge in [0.15, 0.2) is 0 Å². The third kappa shape index (κ3) is 3.49. The monoisotopic (exact) mass is 218 g/mol. The molecule has 0 fully saturated rings. The molecule has 1 aromatic rings. The van der Waals surface area contributed by atoms with Gasteiger partial charge in [-0.15, -0.1) is 0 Å². The number of benzene rings is 1. The van der Waals surface area contributed by atoms with Gasteiger partial charge < -0.3 is 5.11 Å². The molecule has 0 saturated carbocycles. The number of aliphatic hydroxyl groups excluding tert-OH is 1. The highest BCUT2D eigenvalue weighted by Gasteiger charge is 2.09.